The first-order chi connectivity index (χ1) is 15.0. The van der Waals surface area contributed by atoms with Crippen LogP contribution in [0.3, 0.4) is 0 Å². The number of hydrogen-bond donors (Lipinski definition) is 1. The van der Waals surface area contributed by atoms with E-state index in [0.29, 0.717) is 5.95 Å². The Morgan fingerprint density at radius 3 is 2.61 bits per heavy atom. The summed E-state index contributed by atoms with van der Waals surface area (Å²) in [6.45, 7) is 5.97. The minimum absolute atomic E-state index is 0. The van der Waals surface area contributed by atoms with Crippen molar-refractivity contribution in [2.75, 3.05) is 36.5 Å². The lowest BCUT2D eigenvalue weighted by Crippen LogP contribution is -2.42. The number of rotatable bonds is 5. The highest BCUT2D eigenvalue weighted by Crippen LogP contribution is 2.33. The summed E-state index contributed by atoms with van der Waals surface area (Å²) in [4.78, 5) is 6.62. The number of aryl methyl sites for hydroxylation is 1. The molecule has 3 heterocycles. The fraction of sp³-hybridized carbons (Fsp3) is 0.391. The topological polar surface area (TPSA) is 55.2 Å². The minimum atomic E-state index is -0.562. The van der Waals surface area contributed by atoms with Crippen molar-refractivity contribution in [3.63, 3.8) is 0 Å². The summed E-state index contributed by atoms with van der Waals surface area (Å²) in [7, 11) is 0. The Morgan fingerprint density at radius 1 is 1.06 bits per heavy atom. The van der Waals surface area contributed by atoms with E-state index in [4.69, 9.17) is 4.74 Å². The third kappa shape index (κ3) is 4.25. The molecule has 5 rings (SSSR count). The van der Waals surface area contributed by atoms with Crippen LogP contribution in [0.5, 0.6) is 0 Å². The zero-order valence-electron chi connectivity index (χ0n) is 17.4. The minimum Gasteiger partial charge on any atom is -0.381 e. The van der Waals surface area contributed by atoms with Crippen molar-refractivity contribution < 1.29 is 14.9 Å². The molecule has 2 aliphatic rings. The van der Waals surface area contributed by atoms with E-state index in [1.54, 1.807) is 0 Å². The molecule has 0 unspecified atom stereocenters. The summed E-state index contributed by atoms with van der Waals surface area (Å²) in [5, 5.41) is 7.45. The van der Waals surface area contributed by atoms with Gasteiger partial charge in [0.05, 0.1) is 13.2 Å². The Bertz CT molecular complexity index is 1080. The lowest BCUT2D eigenvalue weighted by molar-refractivity contribution is -0.0650. The number of benzene rings is 2. The molecule has 0 bridgehead atoms. The van der Waals surface area contributed by atoms with Gasteiger partial charge in [-0.25, -0.2) is 13.5 Å². The lowest BCUT2D eigenvalue weighted by Gasteiger charge is -2.40. The number of nitrogens with zero attached hydrogens (tertiary/aromatic N) is 4. The van der Waals surface area contributed by atoms with Crippen molar-refractivity contribution in [3.8, 4) is 5.69 Å². The van der Waals surface area contributed by atoms with Crippen LogP contribution in [0.4, 0.5) is 26.1 Å². The Morgan fingerprint density at radius 2 is 1.87 bits per heavy atom. The van der Waals surface area contributed by atoms with Crippen molar-refractivity contribution in [1.29, 1.82) is 0 Å². The van der Waals surface area contributed by atoms with Crippen LogP contribution in [0.2, 0.25) is 0 Å². The molecule has 1 N–H and O–H groups in total. The number of hydrogen-bond acceptors (Lipinski definition) is 5. The molecule has 0 amide bonds. The average molecular weight is 427 g/mol. The van der Waals surface area contributed by atoms with Gasteiger partial charge in [0.25, 0.3) is 0 Å². The number of halogens is 2. The van der Waals surface area contributed by atoms with Crippen molar-refractivity contribution in [3.05, 3.63) is 59.9 Å². The molecule has 6 nitrogen and oxygen atoms in total. The molecule has 0 aliphatic carbocycles. The first kappa shape index (κ1) is 19.9. The van der Waals surface area contributed by atoms with Gasteiger partial charge in [-0.15, -0.1) is 5.10 Å². The zero-order chi connectivity index (χ0) is 21.4. The standard InChI is InChI=1S/C23H25F2N5O.H2/c1-15-8-19(11-20(9-15)29-6-4-16(5-7-29)17-12-31-13-17)27-23-26-14-30(28-23)22-10-18(24)2-3-21(22)25;/h2-3,8-11,14,16-17H,4-7,12-13H2,1H3,(H,27,28);1H. The van der Waals surface area contributed by atoms with Gasteiger partial charge < -0.3 is 15.0 Å². The van der Waals surface area contributed by atoms with E-state index in [0.717, 1.165) is 67.6 Å². The predicted molar refractivity (Wildman–Crippen MR) is 117 cm³/mol. The van der Waals surface area contributed by atoms with Crippen molar-refractivity contribution >= 4 is 17.3 Å². The van der Waals surface area contributed by atoms with Gasteiger partial charge in [-0.05, 0) is 61.6 Å². The van der Waals surface area contributed by atoms with E-state index in [1.807, 2.05) is 6.07 Å². The molecule has 8 heteroatoms. The van der Waals surface area contributed by atoms with Crippen LogP contribution < -0.4 is 10.2 Å². The molecule has 2 saturated heterocycles. The molecular formula is C23H27F2N5O. The second kappa shape index (κ2) is 8.26. The number of nitrogens with one attached hydrogen (secondary N) is 1. The van der Waals surface area contributed by atoms with Crippen LogP contribution in [0.1, 0.15) is 19.8 Å². The number of ether oxygens (including phenoxy) is 1. The first-order valence-corrected chi connectivity index (χ1v) is 10.6. The van der Waals surface area contributed by atoms with Gasteiger partial charge in [-0.1, -0.05) is 0 Å². The molecule has 164 valence electrons. The maximum absolute atomic E-state index is 14.0. The quantitative estimate of drug-likeness (QED) is 0.639. The van der Waals surface area contributed by atoms with Crippen LogP contribution >= 0.6 is 0 Å². The molecule has 0 saturated carbocycles. The van der Waals surface area contributed by atoms with Gasteiger partial charge in [0.15, 0.2) is 0 Å². The molecule has 3 aromatic rings. The molecule has 0 spiro atoms. The van der Waals surface area contributed by atoms with Crippen molar-refractivity contribution in [2.45, 2.75) is 19.8 Å². The monoisotopic (exact) mass is 427 g/mol. The van der Waals surface area contributed by atoms with E-state index >= 15 is 0 Å². The molecule has 0 atom stereocenters. The van der Waals surface area contributed by atoms with Crippen molar-refractivity contribution in [2.24, 2.45) is 11.8 Å². The fourth-order valence-electron chi connectivity index (χ4n) is 4.40. The van der Waals surface area contributed by atoms with Crippen LogP contribution in [0.25, 0.3) is 5.69 Å². The maximum atomic E-state index is 14.0. The normalized spacial score (nSPS) is 17.6. The summed E-state index contributed by atoms with van der Waals surface area (Å²) < 4.78 is 34.1. The third-order valence-corrected chi connectivity index (χ3v) is 6.20. The van der Waals surface area contributed by atoms with Crippen molar-refractivity contribution in [1.82, 2.24) is 14.8 Å². The Labute approximate surface area is 181 Å². The van der Waals surface area contributed by atoms with Gasteiger partial charge in [0, 0.05) is 37.9 Å². The average Bonchev–Trinajstić information content (AvgIpc) is 3.17. The van der Waals surface area contributed by atoms with Gasteiger partial charge in [-0.3, -0.25) is 0 Å². The fourth-order valence-corrected chi connectivity index (χ4v) is 4.40. The van der Waals surface area contributed by atoms with E-state index in [-0.39, 0.29) is 7.11 Å². The van der Waals surface area contributed by atoms with Gasteiger partial charge in [-0.2, -0.15) is 4.98 Å². The smallest absolute Gasteiger partial charge is 0.246 e. The number of aromatic nitrogens is 3. The molecule has 1 aromatic heterocycles. The Hall–Kier alpha value is -3.00. The largest absolute Gasteiger partial charge is 0.381 e. The van der Waals surface area contributed by atoms with E-state index in [2.05, 4.69) is 39.4 Å². The predicted octanol–water partition coefficient (Wildman–Crippen LogP) is 4.71. The summed E-state index contributed by atoms with van der Waals surface area (Å²) >= 11 is 0. The molecule has 31 heavy (non-hydrogen) atoms. The summed E-state index contributed by atoms with van der Waals surface area (Å²) in [6, 6.07) is 9.54. The second-order valence-electron chi connectivity index (χ2n) is 8.41. The molecule has 2 aliphatic heterocycles. The van der Waals surface area contributed by atoms with E-state index in [9.17, 15) is 8.78 Å². The van der Waals surface area contributed by atoms with E-state index < -0.39 is 11.6 Å². The van der Waals surface area contributed by atoms with Crippen LogP contribution in [-0.2, 0) is 4.74 Å². The SMILES string of the molecule is Cc1cc(Nc2ncn(-c3cc(F)ccc3F)n2)cc(N2CCC(C3COC3)CC2)c1.[HH]. The van der Waals surface area contributed by atoms with E-state index in [1.165, 1.54) is 29.5 Å². The summed E-state index contributed by atoms with van der Waals surface area (Å²) in [5.74, 6) is 0.736. The summed E-state index contributed by atoms with van der Waals surface area (Å²) in [6.07, 6.45) is 3.75. The highest BCUT2D eigenvalue weighted by molar-refractivity contribution is 5.64. The molecule has 2 fully saturated rings. The number of anilines is 3. The molecular weight excluding hydrogens is 400 g/mol. The third-order valence-electron chi connectivity index (χ3n) is 6.20. The first-order valence-electron chi connectivity index (χ1n) is 10.6. The Balaban J connectivity index is 0.00000245. The lowest BCUT2D eigenvalue weighted by atomic mass is 9.83. The Kier molecular flexibility index (Phi) is 5.31. The second-order valence-corrected chi connectivity index (χ2v) is 8.41. The van der Waals surface area contributed by atoms with Gasteiger partial charge >= 0.3 is 0 Å². The number of piperidine rings is 1. The van der Waals surface area contributed by atoms with Crippen LogP contribution in [-0.4, -0.2) is 41.1 Å². The van der Waals surface area contributed by atoms with Crippen LogP contribution in [0, 0.1) is 30.4 Å². The highest BCUT2D eigenvalue weighted by atomic mass is 19.1. The van der Waals surface area contributed by atoms with Gasteiger partial charge in [0.2, 0.25) is 5.95 Å². The molecule has 0 radical (unpaired) electrons. The zero-order valence-corrected chi connectivity index (χ0v) is 17.4. The maximum Gasteiger partial charge on any atom is 0.246 e. The highest BCUT2D eigenvalue weighted by Gasteiger charge is 2.31. The summed E-state index contributed by atoms with van der Waals surface area (Å²) in [5.41, 5.74) is 3.18. The molecule has 2 aromatic carbocycles. The van der Waals surface area contributed by atoms with Gasteiger partial charge in [0.1, 0.15) is 23.6 Å². The van der Waals surface area contributed by atoms with Crippen LogP contribution in [0.15, 0.2) is 42.7 Å².